The summed E-state index contributed by atoms with van der Waals surface area (Å²) in [4.78, 5) is 0. The van der Waals surface area contributed by atoms with Gasteiger partial charge in [0.05, 0.1) is 13.4 Å². The molecule has 0 aromatic heterocycles. The van der Waals surface area contributed by atoms with E-state index in [0.717, 1.165) is 0 Å². The van der Waals surface area contributed by atoms with Gasteiger partial charge in [-0.25, -0.2) is 0 Å². The molecule has 9 heavy (non-hydrogen) atoms. The highest BCUT2D eigenvalue weighted by Crippen LogP contribution is 2.07. The van der Waals surface area contributed by atoms with Crippen molar-refractivity contribution in [2.45, 2.75) is 6.23 Å². The Kier molecular flexibility index (Phi) is 1.75. The van der Waals surface area contributed by atoms with Gasteiger partial charge in [0.15, 0.2) is 5.76 Å². The van der Waals surface area contributed by atoms with Gasteiger partial charge >= 0.3 is 0 Å². The van der Waals surface area contributed by atoms with E-state index in [1.165, 1.54) is 6.26 Å². The number of hydrogen-bond acceptors (Lipinski definition) is 3. The minimum Gasteiger partial charge on any atom is -0.496 e. The molecule has 0 aromatic rings. The van der Waals surface area contributed by atoms with Crippen LogP contribution in [0.3, 0.4) is 0 Å². The van der Waals surface area contributed by atoms with Crippen LogP contribution in [-0.2, 0) is 9.47 Å². The topological polar surface area (TPSA) is 44.5 Å². The Labute approximate surface area is 53.7 Å². The predicted molar refractivity (Wildman–Crippen MR) is 33.3 cm³/mol. The molecule has 1 atom stereocenters. The van der Waals surface area contributed by atoms with Crippen LogP contribution in [0.25, 0.3) is 0 Å². The minimum absolute atomic E-state index is 0.431. The van der Waals surface area contributed by atoms with Crippen molar-refractivity contribution in [2.24, 2.45) is 5.73 Å². The largest absolute Gasteiger partial charge is 0.496 e. The molecule has 2 N–H and O–H groups in total. The lowest BCUT2D eigenvalue weighted by Crippen LogP contribution is -2.26. The zero-order valence-electron chi connectivity index (χ0n) is 5.20. The summed E-state index contributed by atoms with van der Waals surface area (Å²) >= 11 is 0. The van der Waals surface area contributed by atoms with Crippen molar-refractivity contribution < 1.29 is 9.47 Å². The predicted octanol–water partition coefficient (Wildman–Crippen LogP) is 0.345. The zero-order valence-corrected chi connectivity index (χ0v) is 5.20. The minimum atomic E-state index is -0.431. The van der Waals surface area contributed by atoms with E-state index in [4.69, 9.17) is 15.2 Å². The average molecular weight is 127 g/mol. The first kappa shape index (κ1) is 6.16. The van der Waals surface area contributed by atoms with E-state index in [0.29, 0.717) is 5.76 Å². The molecule has 0 radical (unpaired) electrons. The van der Waals surface area contributed by atoms with E-state index in [1.807, 2.05) is 0 Å². The van der Waals surface area contributed by atoms with Gasteiger partial charge in [0.2, 0.25) is 6.23 Å². The van der Waals surface area contributed by atoms with Gasteiger partial charge in [-0.3, -0.25) is 5.73 Å². The Bertz CT molecular complexity index is 151. The molecular weight excluding hydrogens is 118 g/mol. The van der Waals surface area contributed by atoms with Crippen LogP contribution < -0.4 is 5.73 Å². The second kappa shape index (κ2) is 2.55. The van der Waals surface area contributed by atoms with Gasteiger partial charge in [-0.05, 0) is 12.2 Å². The molecule has 1 unspecified atom stereocenters. The smallest absolute Gasteiger partial charge is 0.204 e. The number of hydrogen-bond donors (Lipinski definition) is 1. The molecule has 1 heterocycles. The van der Waals surface area contributed by atoms with Gasteiger partial charge in [0.25, 0.3) is 0 Å². The molecule has 1 aliphatic rings. The normalized spacial score (nSPS) is 24.7. The van der Waals surface area contributed by atoms with E-state index in [1.54, 1.807) is 19.3 Å². The third-order valence-corrected chi connectivity index (χ3v) is 1.08. The Morgan fingerprint density at radius 2 is 2.56 bits per heavy atom. The summed E-state index contributed by atoms with van der Waals surface area (Å²) in [6.07, 6.45) is 4.61. The fourth-order valence-electron chi connectivity index (χ4n) is 0.610. The Hall–Kier alpha value is -0.960. The van der Waals surface area contributed by atoms with Crippen LogP contribution in [0.15, 0.2) is 24.2 Å². The van der Waals surface area contributed by atoms with Gasteiger partial charge in [0, 0.05) is 0 Å². The van der Waals surface area contributed by atoms with Crippen LogP contribution in [0, 0.1) is 0 Å². The van der Waals surface area contributed by atoms with Crippen molar-refractivity contribution >= 4 is 0 Å². The summed E-state index contributed by atoms with van der Waals surface area (Å²) in [5.41, 5.74) is 5.42. The third kappa shape index (κ3) is 1.23. The first-order valence-corrected chi connectivity index (χ1v) is 2.66. The number of ether oxygens (including phenoxy) is 2. The van der Waals surface area contributed by atoms with Gasteiger partial charge in [-0.2, -0.15) is 0 Å². The summed E-state index contributed by atoms with van der Waals surface area (Å²) in [6, 6.07) is 0. The first-order chi connectivity index (χ1) is 4.34. The summed E-state index contributed by atoms with van der Waals surface area (Å²) in [5, 5.41) is 0. The fraction of sp³-hybridized carbons (Fsp3) is 0.333. The molecular formula is C6H9NO2. The van der Waals surface area contributed by atoms with E-state index in [-0.39, 0.29) is 0 Å². The van der Waals surface area contributed by atoms with Crippen molar-refractivity contribution in [3.8, 4) is 0 Å². The second-order valence-electron chi connectivity index (χ2n) is 1.66. The van der Waals surface area contributed by atoms with Crippen molar-refractivity contribution in [2.75, 3.05) is 7.11 Å². The van der Waals surface area contributed by atoms with Crippen LogP contribution in [0.4, 0.5) is 0 Å². The lowest BCUT2D eigenvalue weighted by Gasteiger charge is -2.15. The molecule has 50 valence electrons. The van der Waals surface area contributed by atoms with Gasteiger partial charge in [0.1, 0.15) is 0 Å². The number of rotatable bonds is 1. The molecule has 0 spiro atoms. The van der Waals surface area contributed by atoms with Crippen molar-refractivity contribution in [1.29, 1.82) is 0 Å². The van der Waals surface area contributed by atoms with E-state index >= 15 is 0 Å². The van der Waals surface area contributed by atoms with E-state index in [9.17, 15) is 0 Å². The van der Waals surface area contributed by atoms with Crippen molar-refractivity contribution in [3.63, 3.8) is 0 Å². The molecule has 3 nitrogen and oxygen atoms in total. The first-order valence-electron chi connectivity index (χ1n) is 2.66. The molecule has 0 bridgehead atoms. The highest BCUT2D eigenvalue weighted by molar-refractivity contribution is 5.12. The Balaban J connectivity index is 2.63. The van der Waals surface area contributed by atoms with Crippen molar-refractivity contribution in [3.05, 3.63) is 24.2 Å². The second-order valence-corrected chi connectivity index (χ2v) is 1.66. The maximum Gasteiger partial charge on any atom is 0.204 e. The Morgan fingerprint density at radius 3 is 3.00 bits per heavy atom. The summed E-state index contributed by atoms with van der Waals surface area (Å²) in [6.45, 7) is 0. The third-order valence-electron chi connectivity index (χ3n) is 1.08. The zero-order chi connectivity index (χ0) is 6.69. The van der Waals surface area contributed by atoms with Gasteiger partial charge in [-0.15, -0.1) is 0 Å². The average Bonchev–Trinajstić information content (AvgIpc) is 1.89. The molecule has 1 rings (SSSR count). The highest BCUT2D eigenvalue weighted by atomic mass is 16.5. The van der Waals surface area contributed by atoms with Gasteiger partial charge < -0.3 is 9.47 Å². The van der Waals surface area contributed by atoms with Crippen LogP contribution in [0.5, 0.6) is 0 Å². The lowest BCUT2D eigenvalue weighted by molar-refractivity contribution is 0.109. The van der Waals surface area contributed by atoms with Crippen LogP contribution >= 0.6 is 0 Å². The molecule has 0 amide bonds. The standard InChI is InChI=1S/C6H9NO2/c1-8-5-3-2-4-9-6(5)7/h2-4,6H,7H2,1H3. The molecule has 1 aliphatic heterocycles. The van der Waals surface area contributed by atoms with Crippen LogP contribution in [0.1, 0.15) is 0 Å². The maximum atomic E-state index is 5.42. The van der Waals surface area contributed by atoms with Crippen LogP contribution in [-0.4, -0.2) is 13.3 Å². The SMILES string of the molecule is COC1=CC=COC1N. The molecule has 0 aromatic carbocycles. The molecule has 0 saturated heterocycles. The van der Waals surface area contributed by atoms with E-state index < -0.39 is 6.23 Å². The number of nitrogens with two attached hydrogens (primary N) is 1. The molecule has 0 aliphatic carbocycles. The molecule has 0 fully saturated rings. The van der Waals surface area contributed by atoms with Gasteiger partial charge in [-0.1, -0.05) is 0 Å². The quantitative estimate of drug-likeness (QED) is 0.552. The monoisotopic (exact) mass is 127 g/mol. The number of methoxy groups -OCH3 is 1. The van der Waals surface area contributed by atoms with Crippen LogP contribution in [0.2, 0.25) is 0 Å². The Morgan fingerprint density at radius 1 is 1.78 bits per heavy atom. The molecule has 0 saturated carbocycles. The lowest BCUT2D eigenvalue weighted by atomic mass is 10.3. The van der Waals surface area contributed by atoms with Crippen molar-refractivity contribution in [1.82, 2.24) is 0 Å². The highest BCUT2D eigenvalue weighted by Gasteiger charge is 2.09. The number of allylic oxidation sites excluding steroid dienone is 2. The fourth-order valence-corrected chi connectivity index (χ4v) is 0.610. The van der Waals surface area contributed by atoms with E-state index in [2.05, 4.69) is 0 Å². The summed E-state index contributed by atoms with van der Waals surface area (Å²) in [7, 11) is 1.56. The summed E-state index contributed by atoms with van der Waals surface area (Å²) < 4.78 is 9.75. The summed E-state index contributed by atoms with van der Waals surface area (Å²) in [5.74, 6) is 0.650. The maximum absolute atomic E-state index is 5.42. The molecule has 3 heteroatoms.